The van der Waals surface area contributed by atoms with Gasteiger partial charge in [0.15, 0.2) is 0 Å². The molecule has 3 rings (SSSR count). The summed E-state index contributed by atoms with van der Waals surface area (Å²) in [6, 6.07) is 8.42. The van der Waals surface area contributed by atoms with Crippen molar-refractivity contribution < 1.29 is 9.90 Å². The van der Waals surface area contributed by atoms with Crippen LogP contribution in [0.5, 0.6) is 0 Å². The molecular formula is C20H29NO2. The minimum atomic E-state index is -0.219. The fourth-order valence-corrected chi connectivity index (χ4v) is 4.28. The maximum atomic E-state index is 12.7. The van der Waals surface area contributed by atoms with Gasteiger partial charge in [0.05, 0.1) is 12.5 Å². The average molecular weight is 315 g/mol. The fraction of sp³-hybridized carbons (Fsp3) is 0.650. The maximum absolute atomic E-state index is 12.7. The van der Waals surface area contributed by atoms with Crippen LogP contribution < -0.4 is 0 Å². The van der Waals surface area contributed by atoms with Gasteiger partial charge in [-0.3, -0.25) is 4.79 Å². The van der Waals surface area contributed by atoms with Gasteiger partial charge in [-0.2, -0.15) is 0 Å². The number of likely N-dealkylation sites (tertiary alicyclic amines) is 1. The largest absolute Gasteiger partial charge is 0.392 e. The Hall–Kier alpha value is -1.35. The quantitative estimate of drug-likeness (QED) is 0.927. The maximum Gasteiger partial charge on any atom is 0.227 e. The first-order valence-electron chi connectivity index (χ1n) is 9.05. The van der Waals surface area contributed by atoms with Crippen molar-refractivity contribution in [3.8, 4) is 0 Å². The molecule has 1 aliphatic heterocycles. The number of carbonyl (C=O) groups excluding carboxylic acids is 1. The predicted octanol–water partition coefficient (Wildman–Crippen LogP) is 3.51. The SMILES string of the molecule is CC(C)c1ccc(CC(=O)N2CCC[C@]3(CCC[C@H]3O)C2)cc1. The van der Waals surface area contributed by atoms with E-state index >= 15 is 0 Å². The van der Waals surface area contributed by atoms with E-state index in [1.165, 1.54) is 5.56 Å². The van der Waals surface area contributed by atoms with Crippen molar-refractivity contribution in [1.82, 2.24) is 4.90 Å². The second-order valence-corrected chi connectivity index (χ2v) is 7.76. The van der Waals surface area contributed by atoms with Crippen LogP contribution in [-0.2, 0) is 11.2 Å². The van der Waals surface area contributed by atoms with Crippen LogP contribution in [0.4, 0.5) is 0 Å². The van der Waals surface area contributed by atoms with E-state index in [-0.39, 0.29) is 17.4 Å². The summed E-state index contributed by atoms with van der Waals surface area (Å²) in [4.78, 5) is 14.7. The van der Waals surface area contributed by atoms with Crippen LogP contribution in [0.1, 0.15) is 63.0 Å². The molecular weight excluding hydrogens is 286 g/mol. The monoisotopic (exact) mass is 315 g/mol. The van der Waals surface area contributed by atoms with Crippen LogP contribution in [-0.4, -0.2) is 35.1 Å². The van der Waals surface area contributed by atoms with E-state index in [1.54, 1.807) is 0 Å². The fourth-order valence-electron chi connectivity index (χ4n) is 4.28. The number of hydrogen-bond acceptors (Lipinski definition) is 2. The van der Waals surface area contributed by atoms with Crippen LogP contribution in [0, 0.1) is 5.41 Å². The zero-order valence-electron chi connectivity index (χ0n) is 14.4. The van der Waals surface area contributed by atoms with Gasteiger partial charge in [0.2, 0.25) is 5.91 Å². The smallest absolute Gasteiger partial charge is 0.227 e. The molecule has 1 heterocycles. The molecule has 1 aromatic rings. The van der Waals surface area contributed by atoms with Gasteiger partial charge in [0, 0.05) is 18.5 Å². The summed E-state index contributed by atoms with van der Waals surface area (Å²) < 4.78 is 0. The zero-order chi connectivity index (χ0) is 16.4. The highest BCUT2D eigenvalue weighted by Crippen LogP contribution is 2.45. The van der Waals surface area contributed by atoms with E-state index in [0.29, 0.717) is 12.3 Å². The van der Waals surface area contributed by atoms with Crippen molar-refractivity contribution in [2.75, 3.05) is 13.1 Å². The molecule has 23 heavy (non-hydrogen) atoms. The normalized spacial score (nSPS) is 27.8. The van der Waals surface area contributed by atoms with E-state index in [2.05, 4.69) is 38.1 Å². The molecule has 3 heteroatoms. The van der Waals surface area contributed by atoms with Gasteiger partial charge in [-0.25, -0.2) is 0 Å². The van der Waals surface area contributed by atoms with Gasteiger partial charge >= 0.3 is 0 Å². The lowest BCUT2D eigenvalue weighted by Gasteiger charge is -2.42. The molecule has 2 atom stereocenters. The molecule has 1 spiro atoms. The summed E-state index contributed by atoms with van der Waals surface area (Å²) in [5.74, 6) is 0.728. The van der Waals surface area contributed by atoms with Crippen molar-refractivity contribution in [2.45, 2.75) is 64.4 Å². The van der Waals surface area contributed by atoms with E-state index in [0.717, 1.165) is 50.8 Å². The molecule has 2 fully saturated rings. The highest BCUT2D eigenvalue weighted by Gasteiger charge is 2.45. The molecule has 2 aliphatic rings. The second-order valence-electron chi connectivity index (χ2n) is 7.76. The third kappa shape index (κ3) is 3.45. The summed E-state index contributed by atoms with van der Waals surface area (Å²) in [6.45, 7) is 5.95. The Labute approximate surface area is 139 Å². The lowest BCUT2D eigenvalue weighted by Crippen LogP contribution is -2.49. The third-order valence-corrected chi connectivity index (χ3v) is 5.82. The van der Waals surface area contributed by atoms with Crippen molar-refractivity contribution in [3.63, 3.8) is 0 Å². The first kappa shape index (κ1) is 16.5. The first-order valence-corrected chi connectivity index (χ1v) is 9.05. The molecule has 1 aromatic carbocycles. The highest BCUT2D eigenvalue weighted by atomic mass is 16.3. The number of benzene rings is 1. The first-order chi connectivity index (χ1) is 11.0. The van der Waals surface area contributed by atoms with E-state index in [4.69, 9.17) is 0 Å². The molecule has 0 bridgehead atoms. The number of piperidine rings is 1. The minimum Gasteiger partial charge on any atom is -0.392 e. The van der Waals surface area contributed by atoms with Crippen LogP contribution in [0.2, 0.25) is 0 Å². The van der Waals surface area contributed by atoms with Gasteiger partial charge in [-0.15, -0.1) is 0 Å². The number of carbonyl (C=O) groups is 1. The summed E-state index contributed by atoms with van der Waals surface area (Å²) >= 11 is 0. The van der Waals surface area contributed by atoms with Gasteiger partial charge in [-0.1, -0.05) is 44.5 Å². The van der Waals surface area contributed by atoms with Crippen molar-refractivity contribution in [1.29, 1.82) is 0 Å². The van der Waals surface area contributed by atoms with Crippen molar-refractivity contribution >= 4 is 5.91 Å². The average Bonchev–Trinajstić information content (AvgIpc) is 2.88. The zero-order valence-corrected chi connectivity index (χ0v) is 14.4. The molecule has 1 saturated carbocycles. The molecule has 1 N–H and O–H groups in total. The molecule has 0 aromatic heterocycles. The summed E-state index contributed by atoms with van der Waals surface area (Å²) in [5.41, 5.74) is 2.38. The van der Waals surface area contributed by atoms with Crippen LogP contribution in [0.25, 0.3) is 0 Å². The molecule has 1 amide bonds. The van der Waals surface area contributed by atoms with Gasteiger partial charge in [0.1, 0.15) is 0 Å². The minimum absolute atomic E-state index is 0.0184. The van der Waals surface area contributed by atoms with Gasteiger partial charge in [-0.05, 0) is 42.7 Å². The molecule has 0 unspecified atom stereocenters. The molecule has 1 aliphatic carbocycles. The summed E-state index contributed by atoms with van der Waals surface area (Å²) in [6.07, 6.45) is 5.42. The Morgan fingerprint density at radius 1 is 1.26 bits per heavy atom. The van der Waals surface area contributed by atoms with Crippen molar-refractivity contribution in [3.05, 3.63) is 35.4 Å². The summed E-state index contributed by atoms with van der Waals surface area (Å²) in [5, 5.41) is 10.3. The predicted molar refractivity (Wildman–Crippen MR) is 92.3 cm³/mol. The molecule has 1 saturated heterocycles. The Bertz CT molecular complexity index is 551. The number of aliphatic hydroxyl groups is 1. The van der Waals surface area contributed by atoms with Crippen LogP contribution in [0.15, 0.2) is 24.3 Å². The summed E-state index contributed by atoms with van der Waals surface area (Å²) in [7, 11) is 0. The Kier molecular flexibility index (Phi) is 4.77. The number of nitrogens with zero attached hydrogens (tertiary/aromatic N) is 1. The van der Waals surface area contributed by atoms with Crippen molar-refractivity contribution in [2.24, 2.45) is 5.41 Å². The number of rotatable bonds is 3. The molecule has 0 radical (unpaired) electrons. The van der Waals surface area contributed by atoms with E-state index in [9.17, 15) is 9.90 Å². The molecule has 3 nitrogen and oxygen atoms in total. The Morgan fingerprint density at radius 2 is 1.96 bits per heavy atom. The third-order valence-electron chi connectivity index (χ3n) is 5.82. The van der Waals surface area contributed by atoms with Gasteiger partial charge in [0.25, 0.3) is 0 Å². The number of amides is 1. The standard InChI is InChI=1S/C20H29NO2/c1-15(2)17-8-6-16(7-9-17)13-19(23)21-12-4-11-20(14-21)10-3-5-18(20)22/h6-9,15,18,22H,3-5,10-14H2,1-2H3/t18-,20-/m1/s1. The van der Waals surface area contributed by atoms with Gasteiger partial charge < -0.3 is 10.0 Å². The second kappa shape index (κ2) is 6.64. The van der Waals surface area contributed by atoms with Crippen LogP contribution in [0.3, 0.4) is 0 Å². The topological polar surface area (TPSA) is 40.5 Å². The number of aliphatic hydroxyl groups excluding tert-OH is 1. The lowest BCUT2D eigenvalue weighted by atomic mass is 9.76. The molecule has 126 valence electrons. The van der Waals surface area contributed by atoms with Crippen LogP contribution >= 0.6 is 0 Å². The lowest BCUT2D eigenvalue weighted by molar-refractivity contribution is -0.135. The highest BCUT2D eigenvalue weighted by molar-refractivity contribution is 5.79. The Balaban J connectivity index is 1.63. The van der Waals surface area contributed by atoms with E-state index < -0.39 is 0 Å². The Morgan fingerprint density at radius 3 is 2.57 bits per heavy atom. The number of hydrogen-bond donors (Lipinski definition) is 1. The van der Waals surface area contributed by atoms with E-state index in [1.807, 2.05) is 4.90 Å².